The Hall–Kier alpha value is -3.61. The molecule has 1 saturated heterocycles. The van der Waals surface area contributed by atoms with E-state index in [0.29, 0.717) is 11.1 Å². The fraction of sp³-hybridized carbons (Fsp3) is 0.161. The zero-order chi connectivity index (χ0) is 25.5. The van der Waals surface area contributed by atoms with Crippen LogP contribution < -0.4 is 10.1 Å². The van der Waals surface area contributed by atoms with Gasteiger partial charge in [0.05, 0.1) is 14.4 Å². The molecule has 0 unspecified atom stereocenters. The third-order valence-corrected chi connectivity index (χ3v) is 12.0. The van der Waals surface area contributed by atoms with Gasteiger partial charge >= 0.3 is 0 Å². The first-order valence-corrected chi connectivity index (χ1v) is 15.7. The van der Waals surface area contributed by atoms with Crippen LogP contribution in [0.3, 0.4) is 0 Å². The first kappa shape index (κ1) is 23.8. The molecular weight excluding hydrogens is 497 g/mol. The average Bonchev–Trinajstić information content (AvgIpc) is 3.65. The predicted octanol–water partition coefficient (Wildman–Crippen LogP) is 7.36. The van der Waals surface area contributed by atoms with Crippen molar-refractivity contribution in [1.82, 2.24) is 0 Å². The van der Waals surface area contributed by atoms with Gasteiger partial charge in [-0.3, -0.25) is 9.59 Å². The summed E-state index contributed by atoms with van der Waals surface area (Å²) in [6, 6.07) is 26.8. The predicted molar refractivity (Wildman–Crippen MR) is 152 cm³/mol. The molecule has 0 bridgehead atoms. The molecule has 1 aliphatic heterocycles. The molecule has 2 heterocycles. The van der Waals surface area contributed by atoms with Gasteiger partial charge in [0.15, 0.2) is 11.6 Å². The molecule has 37 heavy (non-hydrogen) atoms. The van der Waals surface area contributed by atoms with E-state index in [2.05, 4.69) is 24.0 Å². The summed E-state index contributed by atoms with van der Waals surface area (Å²) in [5, 5.41) is 2.22. The maximum atomic E-state index is 14.7. The van der Waals surface area contributed by atoms with E-state index < -0.39 is 8.80 Å². The van der Waals surface area contributed by atoms with Crippen molar-refractivity contribution in [2.45, 2.75) is 31.9 Å². The minimum atomic E-state index is -1.19. The highest BCUT2D eigenvalue weighted by Gasteiger charge is 2.33. The maximum Gasteiger partial charge on any atom is 0.197 e. The Balaban J connectivity index is 1.46. The molecule has 2 aliphatic rings. The molecule has 3 aromatic carbocycles. The fourth-order valence-corrected chi connectivity index (χ4v) is 10.0. The summed E-state index contributed by atoms with van der Waals surface area (Å²) in [4.78, 5) is 28.9. The molecule has 184 valence electrons. The Morgan fingerprint density at radius 3 is 2.22 bits per heavy atom. The number of Topliss-reactive ketones (excluding diaryl/α,β-unsaturated/α-hetero) is 2. The molecule has 6 heteroatoms. The number of allylic oxidation sites excluding steroid dienone is 1. The second kappa shape index (κ2) is 9.69. The number of carbonyl (C=O) groups is 2. The van der Waals surface area contributed by atoms with Crippen molar-refractivity contribution in [3.63, 3.8) is 0 Å². The van der Waals surface area contributed by atoms with Crippen molar-refractivity contribution in [2.24, 2.45) is 0 Å². The van der Waals surface area contributed by atoms with Crippen LogP contribution in [0.2, 0.25) is 12.1 Å². The second-order valence-corrected chi connectivity index (χ2v) is 14.0. The molecule has 1 fully saturated rings. The monoisotopic (exact) mass is 523 g/mol. The summed E-state index contributed by atoms with van der Waals surface area (Å²) in [7, 11) is -1.19. The van der Waals surface area contributed by atoms with Crippen molar-refractivity contribution in [1.29, 1.82) is 0 Å². The van der Waals surface area contributed by atoms with Gasteiger partial charge in [-0.2, -0.15) is 0 Å². The highest BCUT2D eigenvalue weighted by atomic mass is 32.1. The Morgan fingerprint density at radius 1 is 0.838 bits per heavy atom. The van der Waals surface area contributed by atoms with E-state index in [0.717, 1.165) is 26.8 Å². The van der Waals surface area contributed by atoms with Gasteiger partial charge in [-0.25, -0.2) is 4.39 Å². The number of hydrogen-bond donors (Lipinski definition) is 0. The summed E-state index contributed by atoms with van der Waals surface area (Å²) in [5.41, 5.74) is 4.13. The summed E-state index contributed by atoms with van der Waals surface area (Å²) in [5.74, 6) is -0.708. The number of benzene rings is 3. The van der Waals surface area contributed by atoms with E-state index >= 15 is 0 Å². The molecule has 1 aromatic heterocycles. The lowest BCUT2D eigenvalue weighted by Gasteiger charge is -2.29. The summed E-state index contributed by atoms with van der Waals surface area (Å²) < 4.78 is 14.7. The summed E-state index contributed by atoms with van der Waals surface area (Å²) in [6.07, 6.45) is 4.20. The Morgan fingerprint density at radius 2 is 1.51 bits per heavy atom. The lowest BCUT2D eigenvalue weighted by atomic mass is 10.1. The minimum Gasteiger partial charge on any atom is -0.302 e. The smallest absolute Gasteiger partial charge is 0.197 e. The maximum absolute atomic E-state index is 14.7. The number of halogens is 1. The minimum absolute atomic E-state index is 0.196. The Bertz CT molecular complexity index is 1530. The number of para-hydroxylation sites is 1. The van der Waals surface area contributed by atoms with E-state index in [1.165, 1.54) is 41.5 Å². The van der Waals surface area contributed by atoms with Crippen molar-refractivity contribution < 1.29 is 14.0 Å². The lowest BCUT2D eigenvalue weighted by Crippen LogP contribution is -2.31. The van der Waals surface area contributed by atoms with Gasteiger partial charge in [-0.15, -0.1) is 11.3 Å². The quantitative estimate of drug-likeness (QED) is 0.156. The number of nitrogens with zero attached hydrogens (tertiary/aromatic N) is 1. The SMILES string of the molecule is Cc1ccccc1N(c1ccc(C=C2C(=O)c3ccccc3C2=O)s1)c1cc(F)ccc1[SiH]1CCCC1. The summed E-state index contributed by atoms with van der Waals surface area (Å²) in [6.45, 7) is 2.07. The van der Waals surface area contributed by atoms with E-state index in [1.54, 1.807) is 42.5 Å². The van der Waals surface area contributed by atoms with Gasteiger partial charge < -0.3 is 4.90 Å². The number of carbonyl (C=O) groups excluding carboxylic acids is 2. The zero-order valence-electron chi connectivity index (χ0n) is 20.5. The average molecular weight is 524 g/mol. The first-order chi connectivity index (χ1) is 18.0. The molecule has 0 spiro atoms. The molecule has 0 amide bonds. The lowest BCUT2D eigenvalue weighted by molar-refractivity contribution is 0.0990. The molecule has 6 rings (SSSR count). The molecule has 0 atom stereocenters. The number of ketones is 2. The molecule has 4 aromatic rings. The van der Waals surface area contributed by atoms with Crippen LogP contribution in [0.1, 0.15) is 44.0 Å². The standard InChI is InChI=1S/C31H26FNO2SSi/c1-20-8-2-5-11-26(20)33(27-18-21(32)12-14-28(27)37-16-6-7-17-37)29-15-13-22(36-29)19-25-30(34)23-9-3-4-10-24(23)31(25)35/h2-5,8-15,18-19,37H,6-7,16-17H2,1H3. The number of fused-ring (bicyclic) bond motifs is 1. The molecule has 0 radical (unpaired) electrons. The van der Waals surface area contributed by atoms with Gasteiger partial charge in [0.1, 0.15) is 10.8 Å². The molecule has 0 saturated carbocycles. The highest BCUT2D eigenvalue weighted by Crippen LogP contribution is 2.41. The van der Waals surface area contributed by atoms with Crippen LogP contribution in [0.5, 0.6) is 0 Å². The van der Waals surface area contributed by atoms with Crippen LogP contribution in [0.4, 0.5) is 20.8 Å². The first-order valence-electron chi connectivity index (χ1n) is 12.7. The van der Waals surface area contributed by atoms with Gasteiger partial charge in [-0.1, -0.05) is 73.5 Å². The number of anilines is 3. The largest absolute Gasteiger partial charge is 0.302 e. The van der Waals surface area contributed by atoms with Gasteiger partial charge in [0, 0.05) is 27.4 Å². The van der Waals surface area contributed by atoms with Crippen LogP contribution in [0.25, 0.3) is 6.08 Å². The van der Waals surface area contributed by atoms with Crippen LogP contribution in [0.15, 0.2) is 84.4 Å². The normalized spacial score (nSPS) is 15.4. The van der Waals surface area contributed by atoms with Crippen LogP contribution in [-0.2, 0) is 0 Å². The van der Waals surface area contributed by atoms with Crippen molar-refractivity contribution in [3.8, 4) is 0 Å². The molecular formula is C31H26FNO2SSi. The topological polar surface area (TPSA) is 37.4 Å². The fourth-order valence-electron chi connectivity index (χ4n) is 5.56. The van der Waals surface area contributed by atoms with Crippen LogP contribution in [0, 0.1) is 12.7 Å². The molecule has 0 N–H and O–H groups in total. The zero-order valence-corrected chi connectivity index (χ0v) is 22.5. The van der Waals surface area contributed by atoms with Gasteiger partial charge in [0.25, 0.3) is 0 Å². The van der Waals surface area contributed by atoms with Crippen molar-refractivity contribution in [2.75, 3.05) is 4.90 Å². The number of aryl methyl sites for hydroxylation is 1. The van der Waals surface area contributed by atoms with Crippen LogP contribution >= 0.6 is 11.3 Å². The summed E-state index contributed by atoms with van der Waals surface area (Å²) >= 11 is 1.50. The van der Waals surface area contributed by atoms with Crippen molar-refractivity contribution in [3.05, 3.63) is 112 Å². The van der Waals surface area contributed by atoms with E-state index in [1.807, 2.05) is 30.3 Å². The number of hydrogen-bond acceptors (Lipinski definition) is 4. The number of rotatable bonds is 5. The van der Waals surface area contributed by atoms with E-state index in [-0.39, 0.29) is 23.0 Å². The van der Waals surface area contributed by atoms with E-state index in [9.17, 15) is 14.0 Å². The Labute approximate surface area is 221 Å². The molecule has 3 nitrogen and oxygen atoms in total. The second-order valence-electron chi connectivity index (χ2n) is 9.74. The van der Waals surface area contributed by atoms with Crippen molar-refractivity contribution >= 4 is 59.3 Å². The van der Waals surface area contributed by atoms with Gasteiger partial charge in [-0.05, 0) is 54.1 Å². The number of thiophene rings is 1. The molecule has 1 aliphatic carbocycles. The van der Waals surface area contributed by atoms with Crippen LogP contribution in [-0.4, -0.2) is 20.4 Å². The Kier molecular flexibility index (Phi) is 6.22. The highest BCUT2D eigenvalue weighted by molar-refractivity contribution is 7.17. The third kappa shape index (κ3) is 4.30. The third-order valence-electron chi connectivity index (χ3n) is 7.41. The van der Waals surface area contributed by atoms with E-state index in [4.69, 9.17) is 0 Å². The van der Waals surface area contributed by atoms with Gasteiger partial charge in [0.2, 0.25) is 0 Å².